The molecule has 1 aromatic rings. The second-order valence-electron chi connectivity index (χ2n) is 6.34. The Hall–Kier alpha value is -0.960. The average Bonchev–Trinajstić information content (AvgIpc) is 2.48. The first-order valence-corrected chi connectivity index (χ1v) is 8.19. The molecule has 108 valence electrons. The molecule has 2 atom stereocenters. The third-order valence-corrected chi connectivity index (χ3v) is 5.31. The Balaban J connectivity index is 1.76. The predicted molar refractivity (Wildman–Crippen MR) is 84.4 cm³/mol. The highest BCUT2D eigenvalue weighted by Crippen LogP contribution is 2.36. The lowest BCUT2D eigenvalue weighted by atomic mass is 9.75. The van der Waals surface area contributed by atoms with Crippen LogP contribution in [-0.4, -0.2) is 23.9 Å². The molecule has 3 rings (SSSR count). The molecule has 2 nitrogen and oxygen atoms in total. The molecule has 1 aliphatic carbocycles. The van der Waals surface area contributed by atoms with E-state index in [9.17, 15) is 4.79 Å². The van der Waals surface area contributed by atoms with Crippen molar-refractivity contribution in [1.82, 2.24) is 4.90 Å². The number of fused-ring (bicyclic) bond motifs is 1. The molecule has 0 aromatic heterocycles. The molecule has 3 heteroatoms. The zero-order valence-electron chi connectivity index (χ0n) is 12.1. The molecule has 2 fully saturated rings. The molecule has 1 amide bonds. The average molecular weight is 289 g/mol. The minimum absolute atomic E-state index is 0.197. The third-order valence-electron chi connectivity index (χ3n) is 5.03. The van der Waals surface area contributed by atoms with Crippen LogP contribution in [0.25, 0.3) is 0 Å². The van der Waals surface area contributed by atoms with Crippen molar-refractivity contribution in [1.29, 1.82) is 0 Å². The summed E-state index contributed by atoms with van der Waals surface area (Å²) in [6.07, 6.45) is 6.60. The van der Waals surface area contributed by atoms with Gasteiger partial charge in [-0.05, 0) is 49.3 Å². The summed E-state index contributed by atoms with van der Waals surface area (Å²) in [5, 5.41) is 0. The maximum Gasteiger partial charge on any atom is 0.254 e. The Bertz CT molecular complexity index is 514. The molecule has 1 aliphatic heterocycles. The number of piperidine rings is 1. The van der Waals surface area contributed by atoms with Gasteiger partial charge in [-0.2, -0.15) is 0 Å². The van der Waals surface area contributed by atoms with Crippen LogP contribution < -0.4 is 0 Å². The lowest BCUT2D eigenvalue weighted by Gasteiger charge is -2.41. The van der Waals surface area contributed by atoms with Crippen LogP contribution in [0, 0.1) is 18.8 Å². The van der Waals surface area contributed by atoms with Gasteiger partial charge in [-0.25, -0.2) is 0 Å². The van der Waals surface area contributed by atoms with E-state index >= 15 is 0 Å². The van der Waals surface area contributed by atoms with E-state index in [1.165, 1.54) is 32.1 Å². The van der Waals surface area contributed by atoms with Gasteiger partial charge in [0.15, 0.2) is 0 Å². The second kappa shape index (κ2) is 5.80. The lowest BCUT2D eigenvalue weighted by Crippen LogP contribution is -2.44. The van der Waals surface area contributed by atoms with E-state index in [1.54, 1.807) is 0 Å². The van der Waals surface area contributed by atoms with Crippen LogP contribution in [0.5, 0.6) is 0 Å². The summed E-state index contributed by atoms with van der Waals surface area (Å²) in [6.45, 7) is 3.89. The number of nitrogens with zero attached hydrogens (tertiary/aromatic N) is 1. The van der Waals surface area contributed by atoms with Crippen molar-refractivity contribution in [3.8, 4) is 0 Å². The molecule has 1 aromatic carbocycles. The van der Waals surface area contributed by atoms with Crippen molar-refractivity contribution >= 4 is 18.5 Å². The van der Waals surface area contributed by atoms with Gasteiger partial charge in [0.2, 0.25) is 0 Å². The van der Waals surface area contributed by atoms with Crippen LogP contribution in [0.1, 0.15) is 48.0 Å². The molecule has 2 aliphatic rings. The highest BCUT2D eigenvalue weighted by atomic mass is 32.1. The molecule has 2 unspecified atom stereocenters. The van der Waals surface area contributed by atoms with Crippen LogP contribution >= 0.6 is 12.6 Å². The van der Waals surface area contributed by atoms with E-state index in [1.807, 2.05) is 25.1 Å². The number of likely N-dealkylation sites (tertiary alicyclic amines) is 1. The summed E-state index contributed by atoms with van der Waals surface area (Å²) in [4.78, 5) is 15.7. The molecular formula is C17H23NOS. The number of benzene rings is 1. The molecule has 0 radical (unpaired) electrons. The number of amides is 1. The van der Waals surface area contributed by atoms with Gasteiger partial charge in [0.05, 0.1) is 0 Å². The Kier molecular flexibility index (Phi) is 4.06. The first-order valence-electron chi connectivity index (χ1n) is 7.74. The standard InChI is InChI=1S/C17H23NOS/c1-12-6-7-15(20)10-16(12)17(19)18-9-8-13-4-2-3-5-14(13)11-18/h6-7,10,13-14,20H,2-5,8-9,11H2,1H3. The summed E-state index contributed by atoms with van der Waals surface area (Å²) in [7, 11) is 0. The lowest BCUT2D eigenvalue weighted by molar-refractivity contribution is 0.0520. The number of rotatable bonds is 1. The van der Waals surface area contributed by atoms with Gasteiger partial charge >= 0.3 is 0 Å². The molecular weight excluding hydrogens is 266 g/mol. The molecule has 0 N–H and O–H groups in total. The van der Waals surface area contributed by atoms with E-state index in [0.29, 0.717) is 0 Å². The van der Waals surface area contributed by atoms with Gasteiger partial charge in [0.1, 0.15) is 0 Å². The highest BCUT2D eigenvalue weighted by Gasteiger charge is 2.33. The van der Waals surface area contributed by atoms with Gasteiger partial charge in [-0.3, -0.25) is 4.79 Å². The first-order chi connectivity index (χ1) is 9.65. The molecule has 1 heterocycles. The minimum Gasteiger partial charge on any atom is -0.338 e. The van der Waals surface area contributed by atoms with Gasteiger partial charge in [-0.15, -0.1) is 12.6 Å². The van der Waals surface area contributed by atoms with Crippen LogP contribution in [-0.2, 0) is 0 Å². The molecule has 0 bridgehead atoms. The van der Waals surface area contributed by atoms with Gasteiger partial charge in [0.25, 0.3) is 5.91 Å². The monoisotopic (exact) mass is 289 g/mol. The fourth-order valence-corrected chi connectivity index (χ4v) is 4.00. The van der Waals surface area contributed by atoms with E-state index < -0.39 is 0 Å². The predicted octanol–water partition coefficient (Wildman–Crippen LogP) is 3.94. The van der Waals surface area contributed by atoms with Crippen molar-refractivity contribution in [2.45, 2.75) is 43.9 Å². The molecule has 1 saturated carbocycles. The van der Waals surface area contributed by atoms with Gasteiger partial charge < -0.3 is 4.90 Å². The second-order valence-corrected chi connectivity index (χ2v) is 6.86. The Morgan fingerprint density at radius 3 is 2.75 bits per heavy atom. The zero-order chi connectivity index (χ0) is 14.1. The van der Waals surface area contributed by atoms with Crippen molar-refractivity contribution in [3.05, 3.63) is 29.3 Å². The van der Waals surface area contributed by atoms with Gasteiger partial charge in [0, 0.05) is 23.5 Å². The maximum absolute atomic E-state index is 12.7. The summed E-state index contributed by atoms with van der Waals surface area (Å²) in [5.41, 5.74) is 1.88. The van der Waals surface area contributed by atoms with Crippen molar-refractivity contribution < 1.29 is 4.79 Å². The van der Waals surface area contributed by atoms with E-state index in [4.69, 9.17) is 0 Å². The number of hydrogen-bond donors (Lipinski definition) is 1. The van der Waals surface area contributed by atoms with E-state index in [-0.39, 0.29) is 5.91 Å². The number of thiol groups is 1. The quantitative estimate of drug-likeness (QED) is 0.777. The topological polar surface area (TPSA) is 20.3 Å². The number of aryl methyl sites for hydroxylation is 1. The van der Waals surface area contributed by atoms with Crippen LogP contribution in [0.2, 0.25) is 0 Å². The summed E-state index contributed by atoms with van der Waals surface area (Å²) < 4.78 is 0. The van der Waals surface area contributed by atoms with Crippen LogP contribution in [0.4, 0.5) is 0 Å². The van der Waals surface area contributed by atoms with E-state index in [0.717, 1.165) is 40.9 Å². The van der Waals surface area contributed by atoms with Crippen LogP contribution in [0.15, 0.2) is 23.1 Å². The smallest absolute Gasteiger partial charge is 0.254 e. The number of carbonyl (C=O) groups is 1. The summed E-state index contributed by atoms with van der Waals surface area (Å²) >= 11 is 4.36. The first kappa shape index (κ1) is 14.0. The number of hydrogen-bond acceptors (Lipinski definition) is 2. The Morgan fingerprint density at radius 2 is 1.95 bits per heavy atom. The molecule has 20 heavy (non-hydrogen) atoms. The van der Waals surface area contributed by atoms with Crippen molar-refractivity contribution in [2.24, 2.45) is 11.8 Å². The Labute approximate surface area is 127 Å². The van der Waals surface area contributed by atoms with Crippen molar-refractivity contribution in [2.75, 3.05) is 13.1 Å². The maximum atomic E-state index is 12.7. The van der Waals surface area contributed by atoms with Gasteiger partial charge in [-0.1, -0.05) is 25.3 Å². The normalized spacial score (nSPS) is 26.2. The Morgan fingerprint density at radius 1 is 1.20 bits per heavy atom. The summed E-state index contributed by atoms with van der Waals surface area (Å²) in [5.74, 6) is 1.80. The van der Waals surface area contributed by atoms with Crippen LogP contribution in [0.3, 0.4) is 0 Å². The molecule has 1 saturated heterocycles. The van der Waals surface area contributed by atoms with E-state index in [2.05, 4.69) is 17.5 Å². The minimum atomic E-state index is 0.197. The summed E-state index contributed by atoms with van der Waals surface area (Å²) in [6, 6.07) is 5.85. The fraction of sp³-hybridized carbons (Fsp3) is 0.588. The number of carbonyl (C=O) groups excluding carboxylic acids is 1. The largest absolute Gasteiger partial charge is 0.338 e. The van der Waals surface area contributed by atoms with Crippen molar-refractivity contribution in [3.63, 3.8) is 0 Å². The third kappa shape index (κ3) is 2.73. The molecule has 0 spiro atoms. The highest BCUT2D eigenvalue weighted by molar-refractivity contribution is 7.80. The zero-order valence-corrected chi connectivity index (χ0v) is 13.0. The fourth-order valence-electron chi connectivity index (χ4n) is 3.80. The SMILES string of the molecule is Cc1ccc(S)cc1C(=O)N1CCC2CCCCC2C1.